The maximum Gasteiger partial charge on any atom is 0.262 e. The number of carbonyl (C=O) groups excluding carboxylic acids is 1. The summed E-state index contributed by atoms with van der Waals surface area (Å²) in [5.74, 6) is 0.385. The Morgan fingerprint density at radius 3 is 2.80 bits per heavy atom. The molecule has 0 bridgehead atoms. The molecule has 2 heterocycles. The predicted octanol–water partition coefficient (Wildman–Crippen LogP) is 2.77. The van der Waals surface area contributed by atoms with Crippen LogP contribution < -0.4 is 20.3 Å². The van der Waals surface area contributed by atoms with E-state index >= 15 is 0 Å². The van der Waals surface area contributed by atoms with Gasteiger partial charge in [0, 0.05) is 12.1 Å². The SMILES string of the molecule is COc1cc(NC(=O)Cn2cnc3sccc3c2=O)c(OC)cc1Cl. The highest BCUT2D eigenvalue weighted by molar-refractivity contribution is 7.16. The molecule has 0 unspecified atom stereocenters. The van der Waals surface area contributed by atoms with Gasteiger partial charge in [0.05, 0.1) is 36.6 Å². The lowest BCUT2D eigenvalue weighted by atomic mass is 10.2. The number of benzene rings is 1. The first-order chi connectivity index (χ1) is 12.0. The maximum absolute atomic E-state index is 12.3. The van der Waals surface area contributed by atoms with Crippen LogP contribution in [0.1, 0.15) is 0 Å². The summed E-state index contributed by atoms with van der Waals surface area (Å²) in [6, 6.07) is 4.79. The van der Waals surface area contributed by atoms with Gasteiger partial charge in [-0.25, -0.2) is 4.98 Å². The minimum Gasteiger partial charge on any atom is -0.495 e. The molecule has 1 aromatic carbocycles. The molecule has 1 N–H and O–H groups in total. The summed E-state index contributed by atoms with van der Waals surface area (Å²) in [5.41, 5.74) is 0.133. The molecule has 7 nitrogen and oxygen atoms in total. The van der Waals surface area contributed by atoms with Gasteiger partial charge in [-0.3, -0.25) is 14.2 Å². The first kappa shape index (κ1) is 17.2. The smallest absolute Gasteiger partial charge is 0.262 e. The third-order valence-electron chi connectivity index (χ3n) is 3.51. The van der Waals surface area contributed by atoms with Gasteiger partial charge in [-0.05, 0) is 11.4 Å². The second-order valence-electron chi connectivity index (χ2n) is 5.05. The van der Waals surface area contributed by atoms with Crippen molar-refractivity contribution in [3.8, 4) is 11.5 Å². The molecule has 0 saturated heterocycles. The molecule has 0 radical (unpaired) electrons. The highest BCUT2D eigenvalue weighted by Crippen LogP contribution is 2.35. The normalized spacial score (nSPS) is 10.7. The topological polar surface area (TPSA) is 82.5 Å². The van der Waals surface area contributed by atoms with Crippen molar-refractivity contribution in [1.82, 2.24) is 9.55 Å². The van der Waals surface area contributed by atoms with Crippen molar-refractivity contribution in [2.24, 2.45) is 0 Å². The second-order valence-corrected chi connectivity index (χ2v) is 6.35. The summed E-state index contributed by atoms with van der Waals surface area (Å²) in [5, 5.41) is 5.33. The number of nitrogens with one attached hydrogen (secondary N) is 1. The number of rotatable bonds is 5. The van der Waals surface area contributed by atoms with E-state index in [1.54, 1.807) is 23.6 Å². The highest BCUT2D eigenvalue weighted by atomic mass is 35.5. The number of carbonyl (C=O) groups is 1. The Labute approximate surface area is 151 Å². The lowest BCUT2D eigenvalue weighted by Gasteiger charge is -2.13. The van der Waals surface area contributed by atoms with Gasteiger partial charge in [-0.15, -0.1) is 11.3 Å². The van der Waals surface area contributed by atoms with Crippen LogP contribution in [0.25, 0.3) is 10.2 Å². The fourth-order valence-electron chi connectivity index (χ4n) is 2.31. The Kier molecular flexibility index (Phi) is 4.91. The zero-order valence-corrected chi connectivity index (χ0v) is 15.0. The fraction of sp³-hybridized carbons (Fsp3) is 0.188. The standard InChI is InChI=1S/C16H14ClN3O4S/c1-23-12-6-11(13(24-2)5-10(12)17)19-14(21)7-20-8-18-15-9(16(20)22)3-4-25-15/h3-6,8H,7H2,1-2H3,(H,19,21). The first-order valence-electron chi connectivity index (χ1n) is 7.17. The van der Waals surface area contributed by atoms with Gasteiger partial charge >= 0.3 is 0 Å². The summed E-state index contributed by atoms with van der Waals surface area (Å²) in [6.07, 6.45) is 1.36. The van der Waals surface area contributed by atoms with Crippen molar-refractivity contribution in [2.45, 2.75) is 6.54 Å². The van der Waals surface area contributed by atoms with E-state index in [0.717, 1.165) is 0 Å². The van der Waals surface area contributed by atoms with Gasteiger partial charge < -0.3 is 14.8 Å². The number of methoxy groups -OCH3 is 2. The average molecular weight is 380 g/mol. The number of ether oxygens (including phenoxy) is 2. The van der Waals surface area contributed by atoms with Crippen LogP contribution in [-0.2, 0) is 11.3 Å². The molecular formula is C16H14ClN3O4S. The molecule has 3 rings (SSSR count). The van der Waals surface area contributed by atoms with E-state index in [2.05, 4.69) is 10.3 Å². The van der Waals surface area contributed by atoms with E-state index < -0.39 is 5.91 Å². The van der Waals surface area contributed by atoms with Crippen LogP contribution in [0.4, 0.5) is 5.69 Å². The van der Waals surface area contributed by atoms with Gasteiger partial charge in [-0.2, -0.15) is 0 Å². The lowest BCUT2D eigenvalue weighted by molar-refractivity contribution is -0.116. The molecule has 0 saturated carbocycles. The van der Waals surface area contributed by atoms with E-state index in [4.69, 9.17) is 21.1 Å². The summed E-state index contributed by atoms with van der Waals surface area (Å²) in [4.78, 5) is 29.5. The first-order valence-corrected chi connectivity index (χ1v) is 8.43. The lowest BCUT2D eigenvalue weighted by Crippen LogP contribution is -2.27. The molecule has 0 aliphatic heterocycles. The third-order valence-corrected chi connectivity index (χ3v) is 4.63. The second kappa shape index (κ2) is 7.12. The Hall–Kier alpha value is -2.58. The van der Waals surface area contributed by atoms with Gasteiger partial charge in [0.1, 0.15) is 22.9 Å². The fourth-order valence-corrected chi connectivity index (χ4v) is 3.26. The molecule has 0 spiro atoms. The van der Waals surface area contributed by atoms with Crippen LogP contribution in [0.3, 0.4) is 0 Å². The van der Waals surface area contributed by atoms with Crippen molar-refractivity contribution in [3.05, 3.63) is 45.3 Å². The van der Waals surface area contributed by atoms with Crippen LogP contribution in [0.5, 0.6) is 11.5 Å². The van der Waals surface area contributed by atoms with Crippen LogP contribution in [0.15, 0.2) is 34.7 Å². The number of amides is 1. The number of anilines is 1. The van der Waals surface area contributed by atoms with Crippen LogP contribution in [-0.4, -0.2) is 29.7 Å². The van der Waals surface area contributed by atoms with Crippen LogP contribution in [0.2, 0.25) is 5.02 Å². The summed E-state index contributed by atoms with van der Waals surface area (Å²) in [7, 11) is 2.94. The number of halogens is 1. The van der Waals surface area contributed by atoms with E-state index in [9.17, 15) is 9.59 Å². The van der Waals surface area contributed by atoms with Crippen molar-refractivity contribution < 1.29 is 14.3 Å². The van der Waals surface area contributed by atoms with Crippen molar-refractivity contribution in [2.75, 3.05) is 19.5 Å². The number of nitrogens with zero attached hydrogens (tertiary/aromatic N) is 2. The number of fused-ring (bicyclic) bond motifs is 1. The van der Waals surface area contributed by atoms with Gasteiger partial charge in [0.25, 0.3) is 5.56 Å². The number of hydrogen-bond acceptors (Lipinski definition) is 6. The Morgan fingerprint density at radius 1 is 1.32 bits per heavy atom. The van der Waals surface area contributed by atoms with E-state index in [1.807, 2.05) is 0 Å². The Balaban J connectivity index is 1.84. The summed E-state index contributed by atoms with van der Waals surface area (Å²) >= 11 is 7.42. The molecule has 0 aliphatic carbocycles. The Morgan fingerprint density at radius 2 is 2.08 bits per heavy atom. The maximum atomic E-state index is 12.3. The molecule has 1 amide bonds. The predicted molar refractivity (Wildman–Crippen MR) is 97.1 cm³/mol. The van der Waals surface area contributed by atoms with Gasteiger partial charge in [0.15, 0.2) is 0 Å². The molecule has 130 valence electrons. The zero-order chi connectivity index (χ0) is 18.0. The Bertz CT molecular complexity index is 999. The zero-order valence-electron chi connectivity index (χ0n) is 13.4. The van der Waals surface area contributed by atoms with E-state index in [0.29, 0.717) is 32.4 Å². The number of hydrogen-bond donors (Lipinski definition) is 1. The van der Waals surface area contributed by atoms with Crippen molar-refractivity contribution >= 4 is 44.7 Å². The summed E-state index contributed by atoms with van der Waals surface area (Å²) in [6.45, 7) is -0.175. The van der Waals surface area contributed by atoms with Crippen LogP contribution >= 0.6 is 22.9 Å². The van der Waals surface area contributed by atoms with E-state index in [1.165, 1.54) is 36.5 Å². The minimum absolute atomic E-state index is 0.175. The largest absolute Gasteiger partial charge is 0.495 e. The molecule has 9 heteroatoms. The molecule has 0 atom stereocenters. The molecule has 2 aromatic heterocycles. The van der Waals surface area contributed by atoms with Gasteiger partial charge in [-0.1, -0.05) is 11.6 Å². The molecular weight excluding hydrogens is 366 g/mol. The minimum atomic E-state index is -0.402. The van der Waals surface area contributed by atoms with Gasteiger partial charge in [0.2, 0.25) is 5.91 Å². The highest BCUT2D eigenvalue weighted by Gasteiger charge is 2.14. The molecule has 0 aliphatic rings. The molecule has 25 heavy (non-hydrogen) atoms. The third kappa shape index (κ3) is 3.45. The average Bonchev–Trinajstić information content (AvgIpc) is 3.08. The monoisotopic (exact) mass is 379 g/mol. The molecule has 0 fully saturated rings. The molecule has 3 aromatic rings. The van der Waals surface area contributed by atoms with E-state index in [-0.39, 0.29) is 12.1 Å². The van der Waals surface area contributed by atoms with Crippen molar-refractivity contribution in [3.63, 3.8) is 0 Å². The number of thiophene rings is 1. The van der Waals surface area contributed by atoms with Crippen molar-refractivity contribution in [1.29, 1.82) is 0 Å². The van der Waals surface area contributed by atoms with Crippen LogP contribution in [0, 0.1) is 0 Å². The summed E-state index contributed by atoms with van der Waals surface area (Å²) < 4.78 is 11.6. The quantitative estimate of drug-likeness (QED) is 0.737. The number of aromatic nitrogens is 2.